The van der Waals surface area contributed by atoms with Crippen LogP contribution in [0.2, 0.25) is 10.0 Å². The molecule has 0 bridgehead atoms. The van der Waals surface area contributed by atoms with Crippen molar-refractivity contribution in [2.24, 2.45) is 7.05 Å². The Kier molecular flexibility index (Phi) is 6.92. The Hall–Kier alpha value is -2.39. The number of para-hydroxylation sites is 1. The lowest BCUT2D eigenvalue weighted by atomic mass is 10.0. The molecule has 0 spiro atoms. The molecule has 0 saturated carbocycles. The summed E-state index contributed by atoms with van der Waals surface area (Å²) in [6, 6.07) is 13.1. The minimum atomic E-state index is -0.00872. The fourth-order valence-corrected chi connectivity index (χ4v) is 6.32. The van der Waals surface area contributed by atoms with E-state index >= 15 is 0 Å². The topological polar surface area (TPSA) is 60.2 Å². The van der Waals surface area contributed by atoms with E-state index in [-0.39, 0.29) is 29.6 Å². The van der Waals surface area contributed by atoms with Crippen LogP contribution in [0.3, 0.4) is 0 Å². The van der Waals surface area contributed by atoms with Crippen molar-refractivity contribution in [2.75, 3.05) is 10.7 Å². The highest BCUT2D eigenvalue weighted by atomic mass is 35.5. The molecular weight excluding hydrogens is 511 g/mol. The molecule has 34 heavy (non-hydrogen) atoms. The van der Waals surface area contributed by atoms with Crippen molar-refractivity contribution >= 4 is 58.3 Å². The number of nitrogens with zero attached hydrogens (tertiary/aromatic N) is 4. The first-order valence-corrected chi connectivity index (χ1v) is 13.1. The van der Waals surface area contributed by atoms with Crippen LogP contribution < -0.4 is 9.64 Å². The van der Waals surface area contributed by atoms with Gasteiger partial charge < -0.3 is 14.2 Å². The monoisotopic (exact) mass is 530 g/mol. The highest BCUT2D eigenvalue weighted by Crippen LogP contribution is 2.43. The van der Waals surface area contributed by atoms with E-state index in [1.165, 1.54) is 11.8 Å². The van der Waals surface area contributed by atoms with Gasteiger partial charge in [0.25, 0.3) is 0 Å². The number of anilines is 1. The van der Waals surface area contributed by atoms with Crippen LogP contribution in [0.4, 0.5) is 5.69 Å². The molecular formula is C24H20Cl2N4O2S2. The van der Waals surface area contributed by atoms with Crippen LogP contribution in [-0.2, 0) is 18.4 Å². The lowest BCUT2D eigenvalue weighted by Crippen LogP contribution is -2.48. The van der Waals surface area contributed by atoms with Crippen molar-refractivity contribution in [1.29, 1.82) is 0 Å². The molecule has 1 aliphatic carbocycles. The Morgan fingerprint density at radius 1 is 1.15 bits per heavy atom. The van der Waals surface area contributed by atoms with Gasteiger partial charge >= 0.3 is 0 Å². The predicted molar refractivity (Wildman–Crippen MR) is 138 cm³/mol. The second-order valence-corrected chi connectivity index (χ2v) is 10.7. The number of allylic oxidation sites excluding steroid dienone is 2. The summed E-state index contributed by atoms with van der Waals surface area (Å²) in [6.07, 6.45) is 8.29. The Morgan fingerprint density at radius 3 is 2.82 bits per heavy atom. The number of ether oxygens (including phenoxy) is 1. The molecule has 0 N–H and O–H groups in total. The Labute approximate surface area is 216 Å². The maximum Gasteiger partial charge on any atom is 0.238 e. The number of fused-ring (bicyclic) bond motifs is 2. The normalized spacial score (nSPS) is 18.5. The molecule has 0 saturated heterocycles. The molecule has 2 heterocycles. The molecule has 1 aliphatic heterocycles. The minimum absolute atomic E-state index is 0.00872. The molecule has 0 radical (unpaired) electrons. The fourth-order valence-electron chi connectivity index (χ4n) is 3.81. The molecule has 10 heteroatoms. The lowest BCUT2D eigenvalue weighted by molar-refractivity contribution is -0.116. The number of carbonyl (C=O) groups excluding carboxylic acids is 1. The molecule has 2 atom stereocenters. The number of hydrogen-bond acceptors (Lipinski definition) is 6. The number of hydrogen-bond donors (Lipinski definition) is 0. The summed E-state index contributed by atoms with van der Waals surface area (Å²) in [4.78, 5) is 16.4. The van der Waals surface area contributed by atoms with E-state index < -0.39 is 0 Å². The molecule has 6 nitrogen and oxygen atoms in total. The number of halogens is 2. The van der Waals surface area contributed by atoms with Gasteiger partial charge in [-0.1, -0.05) is 71.4 Å². The van der Waals surface area contributed by atoms with E-state index in [2.05, 4.69) is 28.4 Å². The van der Waals surface area contributed by atoms with Crippen LogP contribution >= 0.6 is 46.7 Å². The van der Waals surface area contributed by atoms with Gasteiger partial charge in [-0.15, -0.1) is 22.0 Å². The van der Waals surface area contributed by atoms with Gasteiger partial charge in [-0.05, 0) is 30.3 Å². The average molecular weight is 531 g/mol. The molecule has 2 aromatic carbocycles. The molecule has 1 amide bonds. The highest BCUT2D eigenvalue weighted by molar-refractivity contribution is 8.00. The second-order valence-electron chi connectivity index (χ2n) is 7.68. The van der Waals surface area contributed by atoms with Gasteiger partial charge in [0.15, 0.2) is 11.0 Å². The summed E-state index contributed by atoms with van der Waals surface area (Å²) in [6.45, 7) is 0.191. The Morgan fingerprint density at radius 2 is 1.97 bits per heavy atom. The molecule has 174 valence electrons. The molecule has 3 aromatic rings. The number of rotatable bonds is 6. The smallest absolute Gasteiger partial charge is 0.238 e. The standard InChI is InChI=1S/C24H20Cl2N4O2S2/c1-29-22(13-32-19-11-10-15(25)12-16(19)26)27-28-24(29)33-14-23(31)30-17-6-2-4-8-20(17)34-21-9-5-3-7-18(21)30/h2-12,17,20H,13-14H2,1H3/t17-,20-/m0/s1. The molecule has 0 fully saturated rings. The van der Waals surface area contributed by atoms with Crippen molar-refractivity contribution in [1.82, 2.24) is 14.8 Å². The van der Waals surface area contributed by atoms with Gasteiger partial charge in [-0.2, -0.15) is 0 Å². The molecule has 5 rings (SSSR count). The van der Waals surface area contributed by atoms with Gasteiger partial charge in [-0.3, -0.25) is 4.79 Å². The summed E-state index contributed by atoms with van der Waals surface area (Å²) in [5.74, 6) is 1.42. The summed E-state index contributed by atoms with van der Waals surface area (Å²) < 4.78 is 7.60. The van der Waals surface area contributed by atoms with E-state index in [0.29, 0.717) is 26.8 Å². The summed E-state index contributed by atoms with van der Waals surface area (Å²) in [7, 11) is 1.85. The van der Waals surface area contributed by atoms with Crippen molar-refractivity contribution < 1.29 is 9.53 Å². The van der Waals surface area contributed by atoms with Crippen molar-refractivity contribution in [3.8, 4) is 5.75 Å². The number of aromatic nitrogens is 3. The van der Waals surface area contributed by atoms with Crippen molar-refractivity contribution in [3.63, 3.8) is 0 Å². The first kappa shape index (κ1) is 23.4. The van der Waals surface area contributed by atoms with Crippen LogP contribution in [-0.4, -0.2) is 37.7 Å². The maximum atomic E-state index is 13.4. The van der Waals surface area contributed by atoms with Crippen LogP contribution in [0.1, 0.15) is 5.82 Å². The highest BCUT2D eigenvalue weighted by Gasteiger charge is 2.36. The number of amides is 1. The summed E-state index contributed by atoms with van der Waals surface area (Å²) in [5, 5.41) is 10.3. The molecule has 2 aliphatic rings. The van der Waals surface area contributed by atoms with E-state index in [9.17, 15) is 4.79 Å². The van der Waals surface area contributed by atoms with Crippen molar-refractivity contribution in [3.05, 3.63) is 82.6 Å². The second kappa shape index (κ2) is 10.1. The zero-order valence-electron chi connectivity index (χ0n) is 18.1. The summed E-state index contributed by atoms with van der Waals surface area (Å²) >= 11 is 15.3. The molecule has 1 aromatic heterocycles. The average Bonchev–Trinajstić information content (AvgIpc) is 3.19. The summed E-state index contributed by atoms with van der Waals surface area (Å²) in [5.41, 5.74) is 0.950. The van der Waals surface area contributed by atoms with Gasteiger partial charge in [0.1, 0.15) is 12.4 Å². The van der Waals surface area contributed by atoms with Gasteiger partial charge in [0.05, 0.1) is 27.8 Å². The van der Waals surface area contributed by atoms with Gasteiger partial charge in [0.2, 0.25) is 5.91 Å². The zero-order chi connectivity index (χ0) is 23.7. The minimum Gasteiger partial charge on any atom is -0.484 e. The number of benzene rings is 2. The fraction of sp³-hybridized carbons (Fsp3) is 0.208. The van der Waals surface area contributed by atoms with E-state index in [1.54, 1.807) is 30.0 Å². The van der Waals surface area contributed by atoms with Crippen LogP contribution in [0.15, 0.2) is 76.8 Å². The van der Waals surface area contributed by atoms with E-state index in [4.69, 9.17) is 27.9 Å². The molecule has 0 unspecified atom stereocenters. The number of thioether (sulfide) groups is 2. The first-order chi connectivity index (χ1) is 16.5. The van der Waals surface area contributed by atoms with Crippen LogP contribution in [0.25, 0.3) is 0 Å². The third kappa shape index (κ3) is 4.73. The van der Waals surface area contributed by atoms with E-state index in [0.717, 1.165) is 10.6 Å². The Bertz CT molecular complexity index is 1290. The van der Waals surface area contributed by atoms with E-state index in [1.807, 2.05) is 46.9 Å². The zero-order valence-corrected chi connectivity index (χ0v) is 21.2. The van der Waals surface area contributed by atoms with Gasteiger partial charge in [0, 0.05) is 17.0 Å². The lowest BCUT2D eigenvalue weighted by Gasteiger charge is -2.40. The van der Waals surface area contributed by atoms with Crippen molar-refractivity contribution in [2.45, 2.75) is 28.0 Å². The maximum absolute atomic E-state index is 13.4. The number of carbonyl (C=O) groups is 1. The third-order valence-electron chi connectivity index (χ3n) is 5.51. The largest absolute Gasteiger partial charge is 0.484 e. The third-order valence-corrected chi connectivity index (χ3v) is 8.35. The predicted octanol–water partition coefficient (Wildman–Crippen LogP) is 5.80. The van der Waals surface area contributed by atoms with Crippen LogP contribution in [0, 0.1) is 0 Å². The SMILES string of the molecule is Cn1c(COc2ccc(Cl)cc2Cl)nnc1SCC(=O)N1c2ccccc2S[C@H]2C=CC=C[C@@H]21. The van der Waals surface area contributed by atoms with Crippen LogP contribution in [0.5, 0.6) is 5.75 Å². The Balaban J connectivity index is 1.27. The quantitative estimate of drug-likeness (QED) is 0.375. The van der Waals surface area contributed by atoms with Gasteiger partial charge in [-0.25, -0.2) is 0 Å². The first-order valence-electron chi connectivity index (χ1n) is 10.5.